The van der Waals surface area contributed by atoms with Crippen LogP contribution in [0.1, 0.15) is 63.2 Å². The lowest BCUT2D eigenvalue weighted by molar-refractivity contribution is -0.274. The molecule has 1 atom stereocenters. The highest BCUT2D eigenvalue weighted by atomic mass is 35.5. The molecule has 0 spiro atoms. The summed E-state index contributed by atoms with van der Waals surface area (Å²) in [5.41, 5.74) is 0.683. The summed E-state index contributed by atoms with van der Waals surface area (Å²) >= 11 is 12.2. The molecule has 3 N–H and O–H groups in total. The lowest BCUT2D eigenvalue weighted by Gasteiger charge is -2.32. The predicted molar refractivity (Wildman–Crippen MR) is 171 cm³/mol. The normalized spacial score (nSPS) is 14.6. The van der Waals surface area contributed by atoms with Gasteiger partial charge in [0.2, 0.25) is 0 Å². The number of esters is 1. The first kappa shape index (κ1) is 34.9. The number of hydrogen-bond acceptors (Lipinski definition) is 5. The maximum absolute atomic E-state index is 13.8. The third-order valence-corrected chi connectivity index (χ3v) is 7.77. The monoisotopic (exact) mass is 679 g/mol. The van der Waals surface area contributed by atoms with Gasteiger partial charge in [-0.05, 0) is 62.8 Å². The van der Waals surface area contributed by atoms with Crippen molar-refractivity contribution >= 4 is 52.5 Å². The quantitative estimate of drug-likeness (QED) is 0.206. The SMILES string of the molecule is CC(C)(C)OC(=O)[C@@H](NC(=O)c1ccc(-c2ccccc2)cc1NC(=O)Nc1c(Cl)cc(OC(F)(F)F)cc1Cl)C1CCCCC1. The fraction of sp³-hybridized carbons (Fsp3) is 0.364. The summed E-state index contributed by atoms with van der Waals surface area (Å²) in [5, 5.41) is 7.27. The van der Waals surface area contributed by atoms with Crippen LogP contribution < -0.4 is 20.7 Å². The molecule has 8 nitrogen and oxygen atoms in total. The van der Waals surface area contributed by atoms with Crippen molar-refractivity contribution in [3.63, 3.8) is 0 Å². The van der Waals surface area contributed by atoms with Crippen LogP contribution in [0.25, 0.3) is 11.1 Å². The number of ether oxygens (including phenoxy) is 2. The minimum atomic E-state index is -4.97. The molecule has 1 aliphatic carbocycles. The number of anilines is 2. The van der Waals surface area contributed by atoms with Crippen molar-refractivity contribution in [2.75, 3.05) is 10.6 Å². The first-order valence-electron chi connectivity index (χ1n) is 14.7. The lowest BCUT2D eigenvalue weighted by Crippen LogP contribution is -2.49. The van der Waals surface area contributed by atoms with Crippen LogP contribution in [0.3, 0.4) is 0 Å². The van der Waals surface area contributed by atoms with E-state index in [0.717, 1.165) is 49.8 Å². The molecule has 0 bridgehead atoms. The van der Waals surface area contributed by atoms with Gasteiger partial charge in [-0.25, -0.2) is 9.59 Å². The summed E-state index contributed by atoms with van der Waals surface area (Å²) in [5.74, 6) is -1.94. The van der Waals surface area contributed by atoms with E-state index in [9.17, 15) is 27.6 Å². The maximum Gasteiger partial charge on any atom is 0.573 e. The number of rotatable bonds is 8. The Labute approximate surface area is 274 Å². The molecule has 0 unspecified atom stereocenters. The van der Waals surface area contributed by atoms with E-state index in [1.165, 1.54) is 6.07 Å². The minimum absolute atomic E-state index is 0.0605. The molecular weight excluding hydrogens is 646 g/mol. The van der Waals surface area contributed by atoms with Gasteiger partial charge < -0.3 is 25.4 Å². The second-order valence-corrected chi connectivity index (χ2v) is 12.7. The van der Waals surface area contributed by atoms with Gasteiger partial charge >= 0.3 is 18.4 Å². The van der Waals surface area contributed by atoms with Crippen molar-refractivity contribution in [2.24, 2.45) is 5.92 Å². The van der Waals surface area contributed by atoms with E-state index in [2.05, 4.69) is 20.7 Å². The molecule has 3 aromatic rings. The van der Waals surface area contributed by atoms with E-state index in [-0.39, 0.29) is 32.9 Å². The Balaban J connectivity index is 1.63. The topological polar surface area (TPSA) is 106 Å². The molecule has 3 aromatic carbocycles. The molecule has 1 saturated carbocycles. The Morgan fingerprint density at radius 1 is 0.848 bits per heavy atom. The second kappa shape index (κ2) is 14.6. The Kier molecular flexibility index (Phi) is 11.1. The zero-order chi connectivity index (χ0) is 33.6. The highest BCUT2D eigenvalue weighted by Gasteiger charge is 2.35. The van der Waals surface area contributed by atoms with Gasteiger partial charge in [0.15, 0.2) is 0 Å². The van der Waals surface area contributed by atoms with E-state index >= 15 is 0 Å². The lowest BCUT2D eigenvalue weighted by atomic mass is 9.83. The van der Waals surface area contributed by atoms with Gasteiger partial charge in [0.25, 0.3) is 5.91 Å². The fourth-order valence-electron chi connectivity index (χ4n) is 5.21. The number of urea groups is 1. The number of carbonyl (C=O) groups is 3. The van der Waals surface area contributed by atoms with Crippen molar-refractivity contribution in [2.45, 2.75) is 70.9 Å². The third-order valence-electron chi connectivity index (χ3n) is 7.18. The first-order valence-corrected chi connectivity index (χ1v) is 15.4. The number of carbonyl (C=O) groups excluding carboxylic acids is 3. The molecule has 1 aliphatic rings. The number of benzene rings is 3. The Hall–Kier alpha value is -3.96. The highest BCUT2D eigenvalue weighted by Crippen LogP contribution is 2.37. The molecule has 0 aromatic heterocycles. The van der Waals surface area contributed by atoms with Crippen LogP contribution in [0.2, 0.25) is 10.0 Å². The molecule has 0 radical (unpaired) electrons. The van der Waals surface area contributed by atoms with E-state index < -0.39 is 41.7 Å². The molecule has 3 amide bonds. The molecule has 0 saturated heterocycles. The second-order valence-electron chi connectivity index (χ2n) is 11.9. The summed E-state index contributed by atoms with van der Waals surface area (Å²) in [6.07, 6.45) is -0.584. The zero-order valence-electron chi connectivity index (χ0n) is 25.4. The first-order chi connectivity index (χ1) is 21.6. The molecule has 1 fully saturated rings. The predicted octanol–water partition coefficient (Wildman–Crippen LogP) is 9.22. The van der Waals surface area contributed by atoms with Gasteiger partial charge in [0.1, 0.15) is 17.4 Å². The Morgan fingerprint density at radius 2 is 1.48 bits per heavy atom. The van der Waals surface area contributed by atoms with Crippen molar-refractivity contribution in [1.29, 1.82) is 0 Å². The van der Waals surface area contributed by atoms with Crippen LogP contribution >= 0.6 is 23.2 Å². The van der Waals surface area contributed by atoms with Crippen LogP contribution in [0.5, 0.6) is 5.75 Å². The maximum atomic E-state index is 13.8. The largest absolute Gasteiger partial charge is 0.573 e. The molecule has 13 heteroatoms. The summed E-state index contributed by atoms with van der Waals surface area (Å²) in [6.45, 7) is 5.26. The summed E-state index contributed by atoms with van der Waals surface area (Å²) in [4.78, 5) is 40.3. The van der Waals surface area contributed by atoms with Crippen LogP contribution in [-0.2, 0) is 9.53 Å². The van der Waals surface area contributed by atoms with Gasteiger partial charge in [-0.2, -0.15) is 0 Å². The van der Waals surface area contributed by atoms with Gasteiger partial charge in [-0.15, -0.1) is 13.2 Å². The van der Waals surface area contributed by atoms with Crippen molar-refractivity contribution in [1.82, 2.24) is 5.32 Å². The zero-order valence-corrected chi connectivity index (χ0v) is 26.9. The van der Waals surface area contributed by atoms with E-state index in [4.69, 9.17) is 27.9 Å². The number of nitrogens with one attached hydrogen (secondary N) is 3. The number of hydrogen-bond donors (Lipinski definition) is 3. The molecule has 0 heterocycles. The van der Waals surface area contributed by atoms with Crippen molar-refractivity contribution < 1.29 is 37.0 Å². The Morgan fingerprint density at radius 3 is 2.07 bits per heavy atom. The number of alkyl halides is 3. The van der Waals surface area contributed by atoms with Gasteiger partial charge in [-0.3, -0.25) is 4.79 Å². The van der Waals surface area contributed by atoms with E-state index in [1.807, 2.05) is 30.3 Å². The fourth-order valence-corrected chi connectivity index (χ4v) is 5.77. The molecule has 4 rings (SSSR count). The molecular formula is C33H34Cl2F3N3O5. The number of halogens is 5. The average Bonchev–Trinajstić information content (AvgIpc) is 2.97. The summed E-state index contributed by atoms with van der Waals surface area (Å²) in [7, 11) is 0. The van der Waals surface area contributed by atoms with Crippen LogP contribution in [0, 0.1) is 5.92 Å². The average molecular weight is 681 g/mol. The van der Waals surface area contributed by atoms with Gasteiger partial charge in [0.05, 0.1) is 27.0 Å². The van der Waals surface area contributed by atoms with E-state index in [0.29, 0.717) is 5.56 Å². The van der Waals surface area contributed by atoms with Crippen molar-refractivity contribution in [3.05, 3.63) is 76.3 Å². The Bertz CT molecular complexity index is 1550. The third kappa shape index (κ3) is 9.77. The summed E-state index contributed by atoms with van der Waals surface area (Å²) in [6, 6.07) is 14.0. The van der Waals surface area contributed by atoms with Gasteiger partial charge in [-0.1, -0.05) is 78.9 Å². The van der Waals surface area contributed by atoms with Crippen LogP contribution in [-0.4, -0.2) is 35.9 Å². The standard InChI is InChI=1S/C33H34Cl2F3N3O5/c1-32(2,3)46-30(43)27(20-12-8-5-9-13-20)40-29(42)23-15-14-21(19-10-6-4-7-11-19)16-26(23)39-31(44)41-28-24(34)17-22(18-25(28)35)45-33(36,37)38/h4,6-7,10-11,14-18,20,27H,5,8-9,12-13H2,1-3H3,(H,40,42)(H2,39,41,44)/t27-/m0/s1. The van der Waals surface area contributed by atoms with Crippen LogP contribution in [0.4, 0.5) is 29.3 Å². The smallest absolute Gasteiger partial charge is 0.458 e. The van der Waals surface area contributed by atoms with Gasteiger partial charge in [0, 0.05) is 12.1 Å². The minimum Gasteiger partial charge on any atom is -0.458 e. The molecule has 46 heavy (non-hydrogen) atoms. The summed E-state index contributed by atoms with van der Waals surface area (Å²) < 4.78 is 47.5. The molecule has 0 aliphatic heterocycles. The van der Waals surface area contributed by atoms with Crippen molar-refractivity contribution in [3.8, 4) is 16.9 Å². The van der Waals surface area contributed by atoms with E-state index in [1.54, 1.807) is 32.9 Å². The highest BCUT2D eigenvalue weighted by molar-refractivity contribution is 6.40. The number of amides is 3. The van der Waals surface area contributed by atoms with Crippen LogP contribution in [0.15, 0.2) is 60.7 Å². The molecule has 246 valence electrons.